The van der Waals surface area contributed by atoms with E-state index in [4.69, 9.17) is 15.2 Å². The van der Waals surface area contributed by atoms with Crippen LogP contribution in [0.1, 0.15) is 30.7 Å². The van der Waals surface area contributed by atoms with Crippen LogP contribution in [0.25, 0.3) is 0 Å². The van der Waals surface area contributed by atoms with E-state index in [1.54, 1.807) is 14.2 Å². The van der Waals surface area contributed by atoms with Crippen molar-refractivity contribution in [3.63, 3.8) is 0 Å². The van der Waals surface area contributed by atoms with Crippen LogP contribution in [0.2, 0.25) is 0 Å². The van der Waals surface area contributed by atoms with Gasteiger partial charge in [0, 0.05) is 23.4 Å². The third kappa shape index (κ3) is 3.18. The molecule has 2 aromatic carbocycles. The second-order valence-electron chi connectivity index (χ2n) is 7.29. The van der Waals surface area contributed by atoms with Crippen molar-refractivity contribution in [1.29, 1.82) is 5.26 Å². The third-order valence-corrected chi connectivity index (χ3v) is 5.69. The second-order valence-corrected chi connectivity index (χ2v) is 7.29. The number of hydrogen-bond acceptors (Lipinski definition) is 6. The summed E-state index contributed by atoms with van der Waals surface area (Å²) in [4.78, 5) is 14.9. The van der Waals surface area contributed by atoms with Crippen LogP contribution in [-0.4, -0.2) is 20.0 Å². The van der Waals surface area contributed by atoms with Crippen LogP contribution in [0.5, 0.6) is 11.5 Å². The Labute approximate surface area is 175 Å². The minimum absolute atomic E-state index is 0.0656. The molecule has 30 heavy (non-hydrogen) atoms. The maximum absolute atomic E-state index is 13.1. The summed E-state index contributed by atoms with van der Waals surface area (Å²) in [5.74, 6) is 1.39. The molecule has 0 spiro atoms. The number of nitrogens with zero attached hydrogens (tertiary/aromatic N) is 2. The Morgan fingerprint density at radius 3 is 2.17 bits per heavy atom. The van der Waals surface area contributed by atoms with E-state index in [0.29, 0.717) is 29.1 Å². The van der Waals surface area contributed by atoms with Crippen LogP contribution in [-0.2, 0) is 4.79 Å². The number of methoxy groups -OCH3 is 2. The van der Waals surface area contributed by atoms with Gasteiger partial charge in [-0.05, 0) is 54.8 Å². The molecule has 2 aromatic rings. The monoisotopic (exact) mass is 401 g/mol. The number of nitrogens with two attached hydrogens (primary N) is 1. The van der Waals surface area contributed by atoms with E-state index in [9.17, 15) is 10.1 Å². The first-order valence-electron chi connectivity index (χ1n) is 9.83. The van der Waals surface area contributed by atoms with Crippen molar-refractivity contribution in [1.82, 2.24) is 0 Å². The smallest absolute Gasteiger partial charge is 0.161 e. The fraction of sp³-hybridized carbons (Fsp3) is 0.250. The summed E-state index contributed by atoms with van der Waals surface area (Å²) in [6.07, 6.45) is 1.95. The average molecular weight is 401 g/mol. The molecule has 2 N–H and O–H groups in total. The molecular formula is C24H23N3O3. The molecule has 6 heteroatoms. The van der Waals surface area contributed by atoms with Gasteiger partial charge < -0.3 is 15.2 Å². The third-order valence-electron chi connectivity index (χ3n) is 5.69. The molecule has 0 saturated carbocycles. The first-order valence-corrected chi connectivity index (χ1v) is 9.83. The molecule has 0 aromatic heterocycles. The number of Topliss-reactive ketones (excluding diaryl/α,β-unsaturated/α-hetero) is 1. The molecule has 0 saturated heterocycles. The van der Waals surface area contributed by atoms with Crippen LogP contribution in [0, 0.1) is 11.3 Å². The molecule has 152 valence electrons. The SMILES string of the molecule is COc1ccc([C@H]2C(C#N)=C(N)N(c3ccc(OC)cc3)C3=C2C(=O)CCC3)cc1. The largest absolute Gasteiger partial charge is 0.497 e. The topological polar surface area (TPSA) is 88.6 Å². The quantitative estimate of drug-likeness (QED) is 0.833. The Morgan fingerprint density at radius 2 is 1.60 bits per heavy atom. The summed E-state index contributed by atoms with van der Waals surface area (Å²) < 4.78 is 10.5. The molecule has 0 unspecified atom stereocenters. The Hall–Kier alpha value is -3.72. The zero-order valence-electron chi connectivity index (χ0n) is 17.0. The van der Waals surface area contributed by atoms with Gasteiger partial charge in [0.15, 0.2) is 5.78 Å². The Bertz CT molecular complexity index is 1080. The average Bonchev–Trinajstić information content (AvgIpc) is 2.79. The lowest BCUT2D eigenvalue weighted by Crippen LogP contribution is -2.38. The van der Waals surface area contributed by atoms with Crippen LogP contribution in [0.4, 0.5) is 5.69 Å². The van der Waals surface area contributed by atoms with Gasteiger partial charge in [0.05, 0.1) is 31.8 Å². The lowest BCUT2D eigenvalue weighted by atomic mass is 9.75. The molecule has 1 atom stereocenters. The zero-order chi connectivity index (χ0) is 21.3. The highest BCUT2D eigenvalue weighted by Gasteiger charge is 2.40. The predicted molar refractivity (Wildman–Crippen MR) is 114 cm³/mol. The summed E-state index contributed by atoms with van der Waals surface area (Å²) in [5.41, 5.74) is 10.1. The van der Waals surface area contributed by atoms with Crippen LogP contribution in [0.15, 0.2) is 71.2 Å². The van der Waals surface area contributed by atoms with E-state index in [1.165, 1.54) is 0 Å². The summed E-state index contributed by atoms with van der Waals surface area (Å²) in [5, 5.41) is 10.0. The van der Waals surface area contributed by atoms with Gasteiger partial charge >= 0.3 is 0 Å². The Morgan fingerprint density at radius 1 is 1.00 bits per heavy atom. The van der Waals surface area contributed by atoms with Crippen molar-refractivity contribution in [2.75, 3.05) is 19.1 Å². The first-order chi connectivity index (χ1) is 14.6. The maximum atomic E-state index is 13.1. The number of benzene rings is 2. The normalized spacial score (nSPS) is 18.8. The molecule has 1 aliphatic carbocycles. The second kappa shape index (κ2) is 7.96. The van der Waals surface area contributed by atoms with Gasteiger partial charge in [-0.2, -0.15) is 5.26 Å². The number of carbonyl (C=O) groups is 1. The molecule has 0 bridgehead atoms. The summed E-state index contributed by atoms with van der Waals surface area (Å²) in [7, 11) is 3.21. The van der Waals surface area contributed by atoms with Gasteiger partial charge in [0.2, 0.25) is 0 Å². The van der Waals surface area contributed by atoms with Gasteiger partial charge in [-0.25, -0.2) is 0 Å². The fourth-order valence-electron chi connectivity index (χ4n) is 4.24. The highest BCUT2D eigenvalue weighted by Crippen LogP contribution is 2.46. The fourth-order valence-corrected chi connectivity index (χ4v) is 4.24. The number of allylic oxidation sites excluding steroid dienone is 3. The number of ether oxygens (including phenoxy) is 2. The van der Waals surface area contributed by atoms with Gasteiger partial charge in [-0.3, -0.25) is 9.69 Å². The van der Waals surface area contributed by atoms with Gasteiger partial charge in [-0.15, -0.1) is 0 Å². The van der Waals surface area contributed by atoms with Crippen molar-refractivity contribution in [2.45, 2.75) is 25.2 Å². The highest BCUT2D eigenvalue weighted by molar-refractivity contribution is 6.01. The van der Waals surface area contributed by atoms with Crippen LogP contribution < -0.4 is 20.1 Å². The molecule has 0 fully saturated rings. The summed E-state index contributed by atoms with van der Waals surface area (Å²) in [6, 6.07) is 17.2. The standard InChI is InChI=1S/C24H23N3O3/c1-29-17-10-6-15(7-11-17)22-19(14-25)24(26)27(16-8-12-18(30-2)13-9-16)20-4-3-5-21(28)23(20)22/h6-13,22H,3-5,26H2,1-2H3/t22-/m0/s1. The molecule has 6 nitrogen and oxygen atoms in total. The number of ketones is 1. The van der Waals surface area contributed by atoms with Gasteiger partial charge in [-0.1, -0.05) is 12.1 Å². The molecule has 0 amide bonds. The minimum atomic E-state index is -0.474. The first kappa shape index (κ1) is 19.6. The number of nitriles is 1. The van der Waals surface area contributed by atoms with Crippen LogP contribution >= 0.6 is 0 Å². The molecule has 1 aliphatic heterocycles. The van der Waals surface area contributed by atoms with Gasteiger partial charge in [0.1, 0.15) is 17.3 Å². The van der Waals surface area contributed by atoms with E-state index in [1.807, 2.05) is 53.4 Å². The van der Waals surface area contributed by atoms with Crippen molar-refractivity contribution >= 4 is 11.5 Å². The van der Waals surface area contributed by atoms with Crippen molar-refractivity contribution < 1.29 is 14.3 Å². The van der Waals surface area contributed by atoms with E-state index < -0.39 is 5.92 Å². The summed E-state index contributed by atoms with van der Waals surface area (Å²) >= 11 is 0. The highest BCUT2D eigenvalue weighted by atomic mass is 16.5. The van der Waals surface area contributed by atoms with E-state index in [2.05, 4.69) is 6.07 Å². The number of anilines is 1. The predicted octanol–water partition coefficient (Wildman–Crippen LogP) is 4.01. The number of hydrogen-bond donors (Lipinski definition) is 1. The molecule has 4 rings (SSSR count). The molecule has 0 radical (unpaired) electrons. The molecule has 1 heterocycles. The lowest BCUT2D eigenvalue weighted by Gasteiger charge is -2.39. The van der Waals surface area contributed by atoms with Crippen molar-refractivity contribution in [2.24, 2.45) is 5.73 Å². The van der Waals surface area contributed by atoms with Crippen LogP contribution in [0.3, 0.4) is 0 Å². The van der Waals surface area contributed by atoms with Gasteiger partial charge in [0.25, 0.3) is 0 Å². The van der Waals surface area contributed by atoms with E-state index >= 15 is 0 Å². The van der Waals surface area contributed by atoms with Crippen molar-refractivity contribution in [3.05, 3.63) is 76.8 Å². The maximum Gasteiger partial charge on any atom is 0.161 e. The zero-order valence-corrected chi connectivity index (χ0v) is 17.0. The number of carbonyl (C=O) groups excluding carboxylic acids is 1. The van der Waals surface area contributed by atoms with E-state index in [0.717, 1.165) is 35.5 Å². The van der Waals surface area contributed by atoms with Crippen molar-refractivity contribution in [3.8, 4) is 17.6 Å². The Balaban J connectivity index is 1.90. The lowest BCUT2D eigenvalue weighted by molar-refractivity contribution is -0.116. The van der Waals surface area contributed by atoms with E-state index in [-0.39, 0.29) is 5.78 Å². The Kier molecular flexibility index (Phi) is 5.20. The molecule has 2 aliphatic rings. The minimum Gasteiger partial charge on any atom is -0.497 e. The molecular weight excluding hydrogens is 378 g/mol. The summed E-state index contributed by atoms with van der Waals surface area (Å²) in [6.45, 7) is 0. The number of rotatable bonds is 4.